The van der Waals surface area contributed by atoms with E-state index in [-0.39, 0.29) is 12.2 Å². The normalized spacial score (nSPS) is 11.2. The maximum Gasteiger partial charge on any atom is 0.348 e. The number of ether oxygens (including phenoxy) is 2. The summed E-state index contributed by atoms with van der Waals surface area (Å²) in [6, 6.07) is 11.3. The van der Waals surface area contributed by atoms with Gasteiger partial charge < -0.3 is 15.2 Å². The van der Waals surface area contributed by atoms with E-state index >= 15 is 0 Å². The zero-order valence-electron chi connectivity index (χ0n) is 15.1. The van der Waals surface area contributed by atoms with Crippen molar-refractivity contribution in [3.8, 4) is 0 Å². The number of hydrogen-bond acceptors (Lipinski definition) is 9. The van der Waals surface area contributed by atoms with Crippen molar-refractivity contribution in [1.82, 2.24) is 0 Å². The second kappa shape index (κ2) is 9.08. The Kier molecular flexibility index (Phi) is 6.58. The summed E-state index contributed by atoms with van der Waals surface area (Å²) in [5, 5.41) is 22.0. The average molecular weight is 401 g/mol. The van der Waals surface area contributed by atoms with Crippen molar-refractivity contribution in [2.45, 2.75) is 6.61 Å². The Morgan fingerprint density at radius 3 is 2.14 bits per heavy atom. The smallest absolute Gasteiger partial charge is 0.348 e. The highest BCUT2D eigenvalue weighted by atomic mass is 16.6. The van der Waals surface area contributed by atoms with Crippen LogP contribution < -0.4 is 5.73 Å². The zero-order valence-corrected chi connectivity index (χ0v) is 15.1. The average Bonchev–Trinajstić information content (AvgIpc) is 2.72. The van der Waals surface area contributed by atoms with Crippen LogP contribution in [-0.4, -0.2) is 28.9 Å². The number of nitrogens with two attached hydrogens (primary N) is 1. The predicted molar refractivity (Wildman–Crippen MR) is 99.1 cm³/mol. The maximum atomic E-state index is 12.4. The Morgan fingerprint density at radius 2 is 1.59 bits per heavy atom. The van der Waals surface area contributed by atoms with Gasteiger partial charge in [-0.05, 0) is 11.6 Å². The van der Waals surface area contributed by atoms with Gasteiger partial charge in [0.05, 0.1) is 22.7 Å². The molecule has 0 unspecified atom stereocenters. The molecule has 0 radical (unpaired) electrons. The number of nitro groups is 2. The summed E-state index contributed by atoms with van der Waals surface area (Å²) in [5.41, 5.74) is 3.58. The lowest BCUT2D eigenvalue weighted by molar-refractivity contribution is -0.422. The van der Waals surface area contributed by atoms with Gasteiger partial charge in [-0.2, -0.15) is 0 Å². The molecule has 2 aromatic rings. The molecule has 29 heavy (non-hydrogen) atoms. The molecule has 2 aromatic carbocycles. The molecule has 0 heterocycles. The molecule has 0 saturated heterocycles. The molecule has 0 atom stereocenters. The van der Waals surface area contributed by atoms with E-state index in [4.69, 9.17) is 10.5 Å². The molecule has 0 bridgehead atoms. The first kappa shape index (κ1) is 21.0. The molecule has 2 N–H and O–H groups in total. The topological polar surface area (TPSA) is 165 Å². The van der Waals surface area contributed by atoms with Crippen LogP contribution in [-0.2, 0) is 25.7 Å². The maximum absolute atomic E-state index is 12.4. The summed E-state index contributed by atoms with van der Waals surface area (Å²) in [7, 11) is 1.01. The van der Waals surface area contributed by atoms with Crippen LogP contribution in [0.5, 0.6) is 0 Å². The monoisotopic (exact) mass is 401 g/mol. The van der Waals surface area contributed by atoms with E-state index in [1.165, 1.54) is 0 Å². The Hall–Kier alpha value is -4.28. The van der Waals surface area contributed by atoms with Gasteiger partial charge in [0.25, 0.3) is 0 Å². The number of carbonyl (C=O) groups excluding carboxylic acids is 2. The van der Waals surface area contributed by atoms with Crippen molar-refractivity contribution >= 4 is 29.0 Å². The molecular formula is C18H15N3O8. The summed E-state index contributed by atoms with van der Waals surface area (Å²) in [5.74, 6) is -2.24. The van der Waals surface area contributed by atoms with Gasteiger partial charge in [-0.25, -0.2) is 9.59 Å². The Bertz CT molecular complexity index is 1000. The number of carbonyl (C=O) groups is 2. The highest BCUT2D eigenvalue weighted by Crippen LogP contribution is 2.30. The predicted octanol–water partition coefficient (Wildman–Crippen LogP) is 2.09. The third-order valence-electron chi connectivity index (χ3n) is 3.76. The summed E-state index contributed by atoms with van der Waals surface area (Å²) in [6.45, 7) is -0.159. The van der Waals surface area contributed by atoms with Crippen LogP contribution in [0.3, 0.4) is 0 Å². The van der Waals surface area contributed by atoms with Gasteiger partial charge in [-0.1, -0.05) is 30.3 Å². The van der Waals surface area contributed by atoms with Crippen molar-refractivity contribution in [3.05, 3.63) is 85.5 Å². The van der Waals surface area contributed by atoms with Gasteiger partial charge in [0.1, 0.15) is 6.61 Å². The first-order valence-electron chi connectivity index (χ1n) is 7.98. The van der Waals surface area contributed by atoms with Gasteiger partial charge in [0, 0.05) is 17.7 Å². The number of methoxy groups -OCH3 is 1. The van der Waals surface area contributed by atoms with Crippen LogP contribution in [0.25, 0.3) is 5.70 Å². The summed E-state index contributed by atoms with van der Waals surface area (Å²) in [4.78, 5) is 44.6. The standard InChI is InChI=1S/C18H15N3O8/c1-28-17(22)15(18(23)29-10-11-5-3-2-4-6-11)16(19)12-7-8-13(20(24)25)14(9-12)21(26)27/h2-9H,10,19H2,1H3. The minimum Gasteiger partial charge on any atom is -0.465 e. The van der Waals surface area contributed by atoms with Gasteiger partial charge in [0.2, 0.25) is 0 Å². The van der Waals surface area contributed by atoms with E-state index < -0.39 is 44.4 Å². The van der Waals surface area contributed by atoms with Crippen LogP contribution in [0, 0.1) is 20.2 Å². The molecule has 0 aliphatic carbocycles. The number of benzene rings is 2. The summed E-state index contributed by atoms with van der Waals surface area (Å²) < 4.78 is 9.62. The largest absolute Gasteiger partial charge is 0.465 e. The molecule has 0 fully saturated rings. The number of rotatable bonds is 7. The molecule has 0 saturated carbocycles. The third-order valence-corrected chi connectivity index (χ3v) is 3.76. The van der Waals surface area contributed by atoms with Gasteiger partial charge >= 0.3 is 23.3 Å². The Balaban J connectivity index is 2.45. The second-order valence-corrected chi connectivity index (χ2v) is 5.56. The zero-order chi connectivity index (χ0) is 21.6. The Labute approximate surface area is 163 Å². The van der Waals surface area contributed by atoms with E-state index in [2.05, 4.69) is 4.74 Å². The van der Waals surface area contributed by atoms with Crippen LogP contribution in [0.15, 0.2) is 54.1 Å². The molecule has 0 spiro atoms. The quantitative estimate of drug-likeness (QED) is 0.182. The van der Waals surface area contributed by atoms with E-state index in [0.29, 0.717) is 5.56 Å². The molecule has 0 aliphatic heterocycles. The number of nitrogens with zero attached hydrogens (tertiary/aromatic N) is 2. The van der Waals surface area contributed by atoms with Crippen molar-refractivity contribution in [2.75, 3.05) is 7.11 Å². The van der Waals surface area contributed by atoms with Crippen LogP contribution >= 0.6 is 0 Å². The first-order chi connectivity index (χ1) is 13.8. The second-order valence-electron chi connectivity index (χ2n) is 5.56. The number of esters is 2. The molecule has 0 aromatic heterocycles. The molecule has 11 heteroatoms. The van der Waals surface area contributed by atoms with E-state index in [1.807, 2.05) is 0 Å². The summed E-state index contributed by atoms with van der Waals surface area (Å²) in [6.07, 6.45) is 0. The van der Waals surface area contributed by atoms with Gasteiger partial charge in [-0.15, -0.1) is 0 Å². The lowest BCUT2D eigenvalue weighted by atomic mass is 10.1. The molecular weight excluding hydrogens is 386 g/mol. The molecule has 0 amide bonds. The minimum atomic E-state index is -1.12. The Morgan fingerprint density at radius 1 is 0.966 bits per heavy atom. The lowest BCUT2D eigenvalue weighted by Crippen LogP contribution is -2.21. The lowest BCUT2D eigenvalue weighted by Gasteiger charge is -2.11. The fraction of sp³-hybridized carbons (Fsp3) is 0.111. The third kappa shape index (κ3) is 4.91. The SMILES string of the molecule is COC(=O)C(C(=O)OCc1ccccc1)=C(N)c1ccc([N+](=O)[O-])c([N+](=O)[O-])c1. The molecule has 2 rings (SSSR count). The van der Waals surface area contributed by atoms with Crippen molar-refractivity contribution in [3.63, 3.8) is 0 Å². The number of hydrogen-bond donors (Lipinski definition) is 1. The van der Waals surface area contributed by atoms with E-state index in [0.717, 1.165) is 25.3 Å². The fourth-order valence-electron chi connectivity index (χ4n) is 2.34. The highest BCUT2D eigenvalue weighted by Gasteiger charge is 2.29. The highest BCUT2D eigenvalue weighted by molar-refractivity contribution is 6.19. The van der Waals surface area contributed by atoms with Crippen molar-refractivity contribution in [1.29, 1.82) is 0 Å². The fourth-order valence-corrected chi connectivity index (χ4v) is 2.34. The summed E-state index contributed by atoms with van der Waals surface area (Å²) >= 11 is 0. The first-order valence-corrected chi connectivity index (χ1v) is 7.98. The van der Waals surface area contributed by atoms with Crippen LogP contribution in [0.2, 0.25) is 0 Å². The van der Waals surface area contributed by atoms with Gasteiger partial charge in [-0.3, -0.25) is 20.2 Å². The minimum absolute atomic E-state index is 0.153. The van der Waals surface area contributed by atoms with Crippen molar-refractivity contribution in [2.24, 2.45) is 5.73 Å². The molecule has 11 nitrogen and oxygen atoms in total. The van der Waals surface area contributed by atoms with E-state index in [1.54, 1.807) is 30.3 Å². The van der Waals surface area contributed by atoms with Crippen molar-refractivity contribution < 1.29 is 28.9 Å². The van der Waals surface area contributed by atoms with Crippen LogP contribution in [0.1, 0.15) is 11.1 Å². The molecule has 150 valence electrons. The number of nitro benzene ring substituents is 2. The van der Waals surface area contributed by atoms with E-state index in [9.17, 15) is 29.8 Å². The molecule has 0 aliphatic rings. The van der Waals surface area contributed by atoms with Crippen LogP contribution in [0.4, 0.5) is 11.4 Å². The van der Waals surface area contributed by atoms with Gasteiger partial charge in [0.15, 0.2) is 5.57 Å².